The number of alkyl halides is 3. The smallest absolute Gasteiger partial charge is 0.406 e. The summed E-state index contributed by atoms with van der Waals surface area (Å²) in [5, 5.41) is 7.35. The van der Waals surface area contributed by atoms with E-state index in [1.165, 1.54) is 18.2 Å². The first-order valence-corrected chi connectivity index (χ1v) is 6.02. The number of nitrogen functional groups attached to an aromatic ring is 1. The minimum atomic E-state index is -4.71. The van der Waals surface area contributed by atoms with Crippen molar-refractivity contribution in [3.05, 3.63) is 42.5 Å². The number of H-pyrrole nitrogens is 1. The topological polar surface area (TPSA) is 63.9 Å². The molecule has 3 rings (SSSR count). The molecule has 0 aliphatic carbocycles. The molecule has 0 amide bonds. The zero-order chi connectivity index (χ0) is 15.0. The Balaban J connectivity index is 2.01. The predicted molar refractivity (Wildman–Crippen MR) is 72.6 cm³/mol. The highest BCUT2D eigenvalue weighted by atomic mass is 19.4. The largest absolute Gasteiger partial charge is 0.573 e. The molecule has 0 saturated heterocycles. The van der Waals surface area contributed by atoms with Gasteiger partial charge in [0.05, 0.1) is 5.52 Å². The van der Waals surface area contributed by atoms with Crippen LogP contribution in [-0.4, -0.2) is 16.6 Å². The molecule has 2 aromatic carbocycles. The fourth-order valence-electron chi connectivity index (χ4n) is 2.09. The summed E-state index contributed by atoms with van der Waals surface area (Å²) in [6.07, 6.45) is -4.71. The average molecular weight is 293 g/mol. The third kappa shape index (κ3) is 2.76. The lowest BCUT2D eigenvalue weighted by molar-refractivity contribution is -0.274. The van der Waals surface area contributed by atoms with Crippen molar-refractivity contribution in [2.75, 3.05) is 5.73 Å². The van der Waals surface area contributed by atoms with Crippen LogP contribution in [0.25, 0.3) is 22.0 Å². The number of nitrogens with one attached hydrogen (secondary N) is 1. The lowest BCUT2D eigenvalue weighted by atomic mass is 10.0. The zero-order valence-electron chi connectivity index (χ0n) is 10.6. The molecule has 7 heteroatoms. The first-order valence-electron chi connectivity index (χ1n) is 6.02. The molecule has 3 N–H and O–H groups in total. The maximum Gasteiger partial charge on any atom is 0.573 e. The van der Waals surface area contributed by atoms with Gasteiger partial charge < -0.3 is 10.5 Å². The van der Waals surface area contributed by atoms with Crippen molar-refractivity contribution in [2.24, 2.45) is 0 Å². The molecule has 0 spiro atoms. The standard InChI is InChI=1S/C14H10F3N3O/c15-14(16,17)21-10-3-1-2-8(6-10)9-4-5-12-11(7-9)13(18)20-19-12/h1-7H,(H3,18,19,20). The highest BCUT2D eigenvalue weighted by Gasteiger charge is 2.31. The van der Waals surface area contributed by atoms with Gasteiger partial charge in [0, 0.05) is 5.39 Å². The molecule has 3 aromatic rings. The van der Waals surface area contributed by atoms with Gasteiger partial charge in [0.1, 0.15) is 5.75 Å². The number of fused-ring (bicyclic) bond motifs is 1. The third-order valence-electron chi connectivity index (χ3n) is 2.99. The van der Waals surface area contributed by atoms with E-state index >= 15 is 0 Å². The van der Waals surface area contributed by atoms with Crippen molar-refractivity contribution in [1.82, 2.24) is 10.2 Å². The number of aromatic amines is 1. The number of rotatable bonds is 2. The lowest BCUT2D eigenvalue weighted by Crippen LogP contribution is -2.17. The number of benzene rings is 2. The van der Waals surface area contributed by atoms with Gasteiger partial charge in [-0.25, -0.2) is 0 Å². The van der Waals surface area contributed by atoms with E-state index in [4.69, 9.17) is 5.73 Å². The second-order valence-electron chi connectivity index (χ2n) is 4.44. The first-order chi connectivity index (χ1) is 9.92. The molecule has 4 nitrogen and oxygen atoms in total. The van der Waals surface area contributed by atoms with E-state index in [2.05, 4.69) is 14.9 Å². The Kier molecular flexibility index (Phi) is 2.97. The van der Waals surface area contributed by atoms with Gasteiger partial charge in [-0.1, -0.05) is 18.2 Å². The highest BCUT2D eigenvalue weighted by molar-refractivity contribution is 5.92. The molecule has 0 radical (unpaired) electrons. The van der Waals surface area contributed by atoms with E-state index in [1.807, 2.05) is 0 Å². The Morgan fingerprint density at radius 3 is 2.57 bits per heavy atom. The zero-order valence-corrected chi connectivity index (χ0v) is 10.6. The Morgan fingerprint density at radius 2 is 1.81 bits per heavy atom. The maximum absolute atomic E-state index is 12.2. The summed E-state index contributed by atoms with van der Waals surface area (Å²) in [5.41, 5.74) is 7.81. The molecule has 0 fully saturated rings. The number of anilines is 1. The summed E-state index contributed by atoms with van der Waals surface area (Å²) in [5.74, 6) is 0.0785. The number of hydrogen-bond acceptors (Lipinski definition) is 3. The van der Waals surface area contributed by atoms with E-state index in [-0.39, 0.29) is 5.75 Å². The molecule has 1 heterocycles. The number of hydrogen-bond donors (Lipinski definition) is 2. The van der Waals surface area contributed by atoms with Crippen LogP contribution in [-0.2, 0) is 0 Å². The minimum absolute atomic E-state index is 0.264. The van der Waals surface area contributed by atoms with Crippen molar-refractivity contribution in [3.8, 4) is 16.9 Å². The van der Waals surface area contributed by atoms with Gasteiger partial charge in [-0.15, -0.1) is 13.2 Å². The summed E-state index contributed by atoms with van der Waals surface area (Å²) in [6.45, 7) is 0. The van der Waals surface area contributed by atoms with Crippen LogP contribution < -0.4 is 10.5 Å². The van der Waals surface area contributed by atoms with Crippen LogP contribution in [0.5, 0.6) is 5.75 Å². The average Bonchev–Trinajstić information content (AvgIpc) is 2.78. The number of nitrogens with two attached hydrogens (primary N) is 1. The minimum Gasteiger partial charge on any atom is -0.406 e. The monoisotopic (exact) mass is 293 g/mol. The van der Waals surface area contributed by atoms with E-state index in [0.717, 1.165) is 16.5 Å². The number of ether oxygens (including phenoxy) is 1. The molecule has 0 atom stereocenters. The summed E-state index contributed by atoms with van der Waals surface area (Å²) in [4.78, 5) is 0. The highest BCUT2D eigenvalue weighted by Crippen LogP contribution is 2.30. The van der Waals surface area contributed by atoms with Gasteiger partial charge in [-0.2, -0.15) is 5.10 Å². The van der Waals surface area contributed by atoms with Crippen LogP contribution in [0.4, 0.5) is 19.0 Å². The quantitative estimate of drug-likeness (QED) is 0.757. The molecule has 21 heavy (non-hydrogen) atoms. The Morgan fingerprint density at radius 1 is 1.05 bits per heavy atom. The van der Waals surface area contributed by atoms with Gasteiger partial charge in [0.2, 0.25) is 0 Å². The SMILES string of the molecule is Nc1n[nH]c2ccc(-c3cccc(OC(F)(F)F)c3)cc12. The lowest BCUT2D eigenvalue weighted by Gasteiger charge is -2.10. The summed E-state index contributed by atoms with van der Waals surface area (Å²) >= 11 is 0. The van der Waals surface area contributed by atoms with E-state index < -0.39 is 6.36 Å². The van der Waals surface area contributed by atoms with Crippen molar-refractivity contribution >= 4 is 16.7 Å². The molecular weight excluding hydrogens is 283 g/mol. The Labute approximate surface area is 117 Å². The molecule has 0 bridgehead atoms. The fourth-order valence-corrected chi connectivity index (χ4v) is 2.09. The Bertz CT molecular complexity index is 796. The van der Waals surface area contributed by atoms with Crippen molar-refractivity contribution in [2.45, 2.75) is 6.36 Å². The molecular formula is C14H10F3N3O. The summed E-state index contributed by atoms with van der Waals surface area (Å²) in [6, 6.07) is 11.1. The van der Waals surface area contributed by atoms with Gasteiger partial charge in [-0.05, 0) is 35.4 Å². The van der Waals surface area contributed by atoms with Crippen molar-refractivity contribution in [1.29, 1.82) is 0 Å². The van der Waals surface area contributed by atoms with Crippen LogP contribution in [0.15, 0.2) is 42.5 Å². The van der Waals surface area contributed by atoms with Crippen LogP contribution in [0.1, 0.15) is 0 Å². The molecule has 0 aliphatic rings. The number of halogens is 3. The molecule has 108 valence electrons. The van der Waals surface area contributed by atoms with Crippen LogP contribution in [0.3, 0.4) is 0 Å². The van der Waals surface area contributed by atoms with Gasteiger partial charge >= 0.3 is 6.36 Å². The third-order valence-corrected chi connectivity index (χ3v) is 2.99. The first kappa shape index (κ1) is 13.3. The van der Waals surface area contributed by atoms with Gasteiger partial charge in [0.15, 0.2) is 5.82 Å². The van der Waals surface area contributed by atoms with Gasteiger partial charge in [-0.3, -0.25) is 5.10 Å². The number of aromatic nitrogens is 2. The van der Waals surface area contributed by atoms with Gasteiger partial charge in [0.25, 0.3) is 0 Å². The number of nitrogens with zero attached hydrogens (tertiary/aromatic N) is 1. The molecule has 0 unspecified atom stereocenters. The van der Waals surface area contributed by atoms with Crippen molar-refractivity contribution in [3.63, 3.8) is 0 Å². The molecule has 1 aromatic heterocycles. The molecule has 0 aliphatic heterocycles. The van der Waals surface area contributed by atoms with Crippen LogP contribution in [0.2, 0.25) is 0 Å². The molecule has 0 saturated carbocycles. The summed E-state index contributed by atoms with van der Waals surface area (Å²) < 4.78 is 40.6. The van der Waals surface area contributed by atoms with E-state index in [0.29, 0.717) is 11.4 Å². The summed E-state index contributed by atoms with van der Waals surface area (Å²) in [7, 11) is 0. The predicted octanol–water partition coefficient (Wildman–Crippen LogP) is 3.71. The second-order valence-corrected chi connectivity index (χ2v) is 4.44. The normalized spacial score (nSPS) is 11.8. The maximum atomic E-state index is 12.2. The second kappa shape index (κ2) is 4.69. The van der Waals surface area contributed by atoms with E-state index in [9.17, 15) is 13.2 Å². The van der Waals surface area contributed by atoms with E-state index in [1.54, 1.807) is 24.3 Å². The fraction of sp³-hybridized carbons (Fsp3) is 0.0714. The van der Waals surface area contributed by atoms with Crippen molar-refractivity contribution < 1.29 is 17.9 Å². The Hall–Kier alpha value is -2.70. The van der Waals surface area contributed by atoms with Crippen LogP contribution in [0, 0.1) is 0 Å². The van der Waals surface area contributed by atoms with Crippen LogP contribution >= 0.6 is 0 Å².